The largest absolute Gasteiger partial charge is 0.456 e. The third-order valence-electron chi connectivity index (χ3n) is 6.70. The molecular weight excluding hydrogens is 506 g/mol. The zero-order valence-electron chi connectivity index (χ0n) is 20.3. The maximum Gasteiger partial charge on any atom is 0.135 e. The molecule has 0 atom stereocenters. The van der Waals surface area contributed by atoms with Crippen LogP contribution in [0, 0.1) is 0 Å². The van der Waals surface area contributed by atoms with Gasteiger partial charge in [0.25, 0.3) is 0 Å². The molecule has 0 unspecified atom stereocenters. The minimum Gasteiger partial charge on any atom is -0.456 e. The average molecular weight is 532 g/mol. The number of hydrogen-bond acceptors (Lipinski definition) is 1. The van der Waals surface area contributed by atoms with Crippen LogP contribution in [0.5, 0.6) is 0 Å². The number of nitrogens with zero attached hydrogens (tertiary/aromatic N) is 1. The maximum absolute atomic E-state index is 6.04. The molecule has 1 aliphatic rings. The van der Waals surface area contributed by atoms with E-state index in [4.69, 9.17) is 4.42 Å². The van der Waals surface area contributed by atoms with Crippen LogP contribution in [0.2, 0.25) is 0 Å². The molecule has 2 heterocycles. The number of hydrogen-bond donors (Lipinski definition) is 0. The highest BCUT2D eigenvalue weighted by Crippen LogP contribution is 2.38. The lowest BCUT2D eigenvalue weighted by Gasteiger charge is -2.10. The van der Waals surface area contributed by atoms with Crippen molar-refractivity contribution in [2.24, 2.45) is 0 Å². The number of benzene rings is 4. The summed E-state index contributed by atoms with van der Waals surface area (Å²) >= 11 is 3.72. The molecule has 0 saturated heterocycles. The number of rotatable bonds is 2. The van der Waals surface area contributed by atoms with Crippen molar-refractivity contribution in [2.45, 2.75) is 20.3 Å². The Kier molecular flexibility index (Phi) is 5.86. The van der Waals surface area contributed by atoms with Crippen LogP contribution in [-0.4, -0.2) is 4.57 Å². The predicted molar refractivity (Wildman–Crippen MR) is 157 cm³/mol. The Morgan fingerprint density at radius 1 is 0.722 bits per heavy atom. The van der Waals surface area contributed by atoms with Gasteiger partial charge >= 0.3 is 0 Å². The van der Waals surface area contributed by atoms with Crippen LogP contribution >= 0.6 is 15.9 Å². The lowest BCUT2D eigenvalue weighted by molar-refractivity contribution is 0.669. The molecule has 3 heteroatoms. The van der Waals surface area contributed by atoms with Gasteiger partial charge in [-0.1, -0.05) is 90.5 Å². The second-order valence-corrected chi connectivity index (χ2v) is 9.62. The lowest BCUT2D eigenvalue weighted by Crippen LogP contribution is -1.99. The van der Waals surface area contributed by atoms with E-state index in [1.807, 2.05) is 26.0 Å². The highest BCUT2D eigenvalue weighted by Gasteiger charge is 2.19. The molecule has 2 aromatic heterocycles. The molecule has 0 N–H and O–H groups in total. The van der Waals surface area contributed by atoms with E-state index in [2.05, 4.69) is 118 Å². The van der Waals surface area contributed by atoms with Crippen LogP contribution in [0.4, 0.5) is 0 Å². The highest BCUT2D eigenvalue weighted by molar-refractivity contribution is 9.12. The minimum atomic E-state index is 0.882. The average Bonchev–Trinajstić information content (AvgIpc) is 3.37. The number of para-hydroxylation sites is 2. The monoisotopic (exact) mass is 531 g/mol. The number of furan rings is 1. The zero-order chi connectivity index (χ0) is 24.6. The Balaban J connectivity index is 0.00000117. The van der Waals surface area contributed by atoms with E-state index in [1.165, 1.54) is 39.0 Å². The summed E-state index contributed by atoms with van der Waals surface area (Å²) in [5.41, 5.74) is 9.24. The van der Waals surface area contributed by atoms with Crippen LogP contribution in [0.1, 0.15) is 25.1 Å². The van der Waals surface area contributed by atoms with Gasteiger partial charge < -0.3 is 8.98 Å². The molecule has 0 bridgehead atoms. The van der Waals surface area contributed by atoms with Crippen molar-refractivity contribution in [3.05, 3.63) is 119 Å². The minimum absolute atomic E-state index is 0.882. The van der Waals surface area contributed by atoms with E-state index in [9.17, 15) is 0 Å². The summed E-state index contributed by atoms with van der Waals surface area (Å²) in [6, 6.07) is 32.2. The molecule has 0 radical (unpaired) electrons. The summed E-state index contributed by atoms with van der Waals surface area (Å²) in [5, 5.41) is 3.57. The van der Waals surface area contributed by atoms with Crippen molar-refractivity contribution < 1.29 is 4.42 Å². The first-order valence-electron chi connectivity index (χ1n) is 12.4. The van der Waals surface area contributed by atoms with Crippen LogP contribution in [0.15, 0.2) is 112 Å². The van der Waals surface area contributed by atoms with Gasteiger partial charge in [-0.2, -0.15) is 0 Å². The molecule has 6 aromatic rings. The first kappa shape index (κ1) is 22.6. The van der Waals surface area contributed by atoms with E-state index < -0.39 is 0 Å². The number of fused-ring (bicyclic) bond motifs is 6. The molecule has 2 nitrogen and oxygen atoms in total. The van der Waals surface area contributed by atoms with Gasteiger partial charge in [0.15, 0.2) is 0 Å². The molecule has 0 fully saturated rings. The number of aromatic nitrogens is 1. The quantitative estimate of drug-likeness (QED) is 0.217. The second kappa shape index (κ2) is 9.33. The normalized spacial score (nSPS) is 12.8. The van der Waals surface area contributed by atoms with Crippen molar-refractivity contribution in [2.75, 3.05) is 0 Å². The summed E-state index contributed by atoms with van der Waals surface area (Å²) in [7, 11) is 0. The molecule has 7 rings (SSSR count). The maximum atomic E-state index is 6.04. The van der Waals surface area contributed by atoms with Crippen molar-refractivity contribution in [3.63, 3.8) is 0 Å². The SMILES string of the molecule is BrC1=Cc2c(n(-c3ccccc3)c3ccc(-c4ccc5oc6ccccc6c5c4)cc23)CC=C1.CC. The summed E-state index contributed by atoms with van der Waals surface area (Å²) < 4.78 is 9.53. The molecule has 176 valence electrons. The van der Waals surface area contributed by atoms with E-state index >= 15 is 0 Å². The van der Waals surface area contributed by atoms with Crippen LogP contribution in [-0.2, 0) is 6.42 Å². The lowest BCUT2D eigenvalue weighted by atomic mass is 10.00. The van der Waals surface area contributed by atoms with Gasteiger partial charge in [0, 0.05) is 44.0 Å². The fourth-order valence-corrected chi connectivity index (χ4v) is 5.57. The standard InChI is InChI=1S/C31H20BrNO.C2H6/c32-22-7-6-11-28-26(19-22)25-17-20(13-15-29(25)33(28)23-8-2-1-3-9-23)21-14-16-31-27(18-21)24-10-4-5-12-30(24)34-31;1-2/h1-10,12-19H,11H2;1-2H3. The molecular formula is C33H26BrNO. The molecule has 0 saturated carbocycles. The summed E-state index contributed by atoms with van der Waals surface area (Å²) in [6.07, 6.45) is 7.50. The number of halogens is 1. The van der Waals surface area contributed by atoms with Crippen molar-refractivity contribution in [1.82, 2.24) is 4.57 Å². The van der Waals surface area contributed by atoms with Crippen molar-refractivity contribution in [3.8, 4) is 16.8 Å². The van der Waals surface area contributed by atoms with Gasteiger partial charge in [-0.25, -0.2) is 0 Å². The van der Waals surface area contributed by atoms with E-state index in [0.717, 1.165) is 32.8 Å². The predicted octanol–water partition coefficient (Wildman–Crippen LogP) is 10.1. The fraction of sp³-hybridized carbons (Fsp3) is 0.0909. The van der Waals surface area contributed by atoms with Gasteiger partial charge in [-0.05, 0) is 59.7 Å². The second-order valence-electron chi connectivity index (χ2n) is 8.71. The van der Waals surface area contributed by atoms with Gasteiger partial charge in [-0.3, -0.25) is 0 Å². The summed E-state index contributed by atoms with van der Waals surface area (Å²) in [4.78, 5) is 0. The Labute approximate surface area is 219 Å². The Morgan fingerprint density at radius 3 is 2.25 bits per heavy atom. The van der Waals surface area contributed by atoms with Gasteiger partial charge in [0.2, 0.25) is 0 Å². The van der Waals surface area contributed by atoms with Gasteiger partial charge in [0.1, 0.15) is 11.2 Å². The van der Waals surface area contributed by atoms with Crippen molar-refractivity contribution in [1.29, 1.82) is 0 Å². The smallest absolute Gasteiger partial charge is 0.135 e. The Morgan fingerprint density at radius 2 is 1.42 bits per heavy atom. The third-order valence-corrected chi connectivity index (χ3v) is 7.20. The molecule has 0 amide bonds. The molecule has 4 aromatic carbocycles. The van der Waals surface area contributed by atoms with Crippen molar-refractivity contribution >= 4 is 54.8 Å². The molecule has 0 aliphatic heterocycles. The Bertz CT molecular complexity index is 1780. The van der Waals surface area contributed by atoms with Crippen LogP contribution < -0.4 is 0 Å². The molecule has 1 aliphatic carbocycles. The molecule has 0 spiro atoms. The van der Waals surface area contributed by atoms with Gasteiger partial charge in [0.05, 0.1) is 5.52 Å². The highest BCUT2D eigenvalue weighted by atomic mass is 79.9. The Hall–Kier alpha value is -3.82. The summed E-state index contributed by atoms with van der Waals surface area (Å²) in [6.45, 7) is 4.00. The first-order chi connectivity index (χ1) is 17.8. The van der Waals surface area contributed by atoms with E-state index in [0.29, 0.717) is 0 Å². The molecule has 36 heavy (non-hydrogen) atoms. The van der Waals surface area contributed by atoms with Crippen LogP contribution in [0.3, 0.4) is 0 Å². The third kappa shape index (κ3) is 3.71. The fourth-order valence-electron chi connectivity index (χ4n) is 5.16. The van der Waals surface area contributed by atoms with E-state index in [-0.39, 0.29) is 0 Å². The first-order valence-corrected chi connectivity index (χ1v) is 13.2. The van der Waals surface area contributed by atoms with E-state index in [1.54, 1.807) is 0 Å². The van der Waals surface area contributed by atoms with Crippen LogP contribution in [0.25, 0.3) is 55.7 Å². The number of allylic oxidation sites excluding steroid dienone is 3. The zero-order valence-corrected chi connectivity index (χ0v) is 21.9. The topological polar surface area (TPSA) is 18.1 Å². The summed E-state index contributed by atoms with van der Waals surface area (Å²) in [5.74, 6) is 0. The van der Waals surface area contributed by atoms with Gasteiger partial charge in [-0.15, -0.1) is 0 Å².